The number of hydrogen-bond acceptors (Lipinski definition) is 4. The smallest absolute Gasteiger partial charge is 0.223 e. The van der Waals surface area contributed by atoms with Crippen LogP contribution < -0.4 is 11.1 Å². The normalized spacial score (nSPS) is 32.0. The molecule has 3 N–H and O–H groups in total. The van der Waals surface area contributed by atoms with Gasteiger partial charge in [-0.2, -0.15) is 0 Å². The highest BCUT2D eigenvalue weighted by molar-refractivity contribution is 5.79. The Kier molecular flexibility index (Phi) is 6.26. The number of nitrogens with zero attached hydrogens (tertiary/aromatic N) is 1. The number of nitrogens with one attached hydrogen (secondary N) is 1. The molecule has 5 nitrogen and oxygen atoms in total. The molecule has 1 aliphatic heterocycles. The Balaban J connectivity index is 1.62. The van der Waals surface area contributed by atoms with Crippen LogP contribution in [0, 0.1) is 11.8 Å². The fourth-order valence-corrected chi connectivity index (χ4v) is 3.24. The van der Waals surface area contributed by atoms with Crippen LogP contribution in [-0.4, -0.2) is 56.2 Å². The Hall–Kier alpha value is -0.650. The van der Waals surface area contributed by atoms with Gasteiger partial charge in [-0.25, -0.2) is 0 Å². The zero-order valence-electron chi connectivity index (χ0n) is 12.6. The van der Waals surface area contributed by atoms with Gasteiger partial charge in [-0.1, -0.05) is 13.3 Å². The van der Waals surface area contributed by atoms with Gasteiger partial charge in [-0.15, -0.1) is 0 Å². The lowest BCUT2D eigenvalue weighted by molar-refractivity contribution is -0.127. The van der Waals surface area contributed by atoms with Gasteiger partial charge in [-0.05, 0) is 31.7 Å². The SMILES string of the molecule is CC1C(N)CCCC1C(=O)NCCCN1CCOCC1. The highest BCUT2D eigenvalue weighted by Crippen LogP contribution is 2.28. The van der Waals surface area contributed by atoms with E-state index < -0.39 is 0 Å². The summed E-state index contributed by atoms with van der Waals surface area (Å²) in [5.74, 6) is 0.625. The van der Waals surface area contributed by atoms with E-state index >= 15 is 0 Å². The summed E-state index contributed by atoms with van der Waals surface area (Å²) in [7, 11) is 0. The number of rotatable bonds is 5. The van der Waals surface area contributed by atoms with Crippen LogP contribution in [0.4, 0.5) is 0 Å². The van der Waals surface area contributed by atoms with E-state index in [1.54, 1.807) is 0 Å². The molecule has 3 unspecified atom stereocenters. The topological polar surface area (TPSA) is 67.6 Å². The summed E-state index contributed by atoms with van der Waals surface area (Å²) in [6.07, 6.45) is 4.14. The maximum atomic E-state index is 12.2. The largest absolute Gasteiger partial charge is 0.379 e. The summed E-state index contributed by atoms with van der Waals surface area (Å²) < 4.78 is 5.32. The van der Waals surface area contributed by atoms with Crippen LogP contribution in [0.1, 0.15) is 32.6 Å². The molecule has 0 aromatic carbocycles. The van der Waals surface area contributed by atoms with Crippen molar-refractivity contribution in [3.05, 3.63) is 0 Å². The highest BCUT2D eigenvalue weighted by Gasteiger charge is 2.32. The van der Waals surface area contributed by atoms with Crippen molar-refractivity contribution in [3.8, 4) is 0 Å². The van der Waals surface area contributed by atoms with Gasteiger partial charge in [0.2, 0.25) is 5.91 Å². The Labute approximate surface area is 122 Å². The van der Waals surface area contributed by atoms with E-state index in [1.165, 1.54) is 0 Å². The van der Waals surface area contributed by atoms with Crippen LogP contribution in [0.5, 0.6) is 0 Å². The van der Waals surface area contributed by atoms with Crippen molar-refractivity contribution < 1.29 is 9.53 Å². The first-order valence-corrected chi connectivity index (χ1v) is 8.02. The molecule has 3 atom stereocenters. The first-order valence-electron chi connectivity index (χ1n) is 8.02. The van der Waals surface area contributed by atoms with Gasteiger partial charge in [-0.3, -0.25) is 9.69 Å². The monoisotopic (exact) mass is 283 g/mol. The number of hydrogen-bond donors (Lipinski definition) is 2. The van der Waals surface area contributed by atoms with Gasteiger partial charge in [0, 0.05) is 31.6 Å². The fraction of sp³-hybridized carbons (Fsp3) is 0.933. The number of nitrogens with two attached hydrogens (primary N) is 1. The minimum atomic E-state index is 0.113. The Morgan fingerprint density at radius 2 is 2.10 bits per heavy atom. The Bertz CT molecular complexity index is 305. The number of amides is 1. The van der Waals surface area contributed by atoms with E-state index in [1.807, 2.05) is 0 Å². The van der Waals surface area contributed by atoms with E-state index in [0.717, 1.165) is 65.1 Å². The fourth-order valence-electron chi connectivity index (χ4n) is 3.24. The quantitative estimate of drug-likeness (QED) is 0.725. The zero-order chi connectivity index (χ0) is 14.4. The van der Waals surface area contributed by atoms with Crippen molar-refractivity contribution in [3.63, 3.8) is 0 Å². The molecule has 5 heteroatoms. The molecule has 2 aliphatic rings. The van der Waals surface area contributed by atoms with Gasteiger partial charge in [0.25, 0.3) is 0 Å². The van der Waals surface area contributed by atoms with Crippen LogP contribution in [0.2, 0.25) is 0 Å². The predicted molar refractivity (Wildman–Crippen MR) is 79.4 cm³/mol. The maximum absolute atomic E-state index is 12.2. The lowest BCUT2D eigenvalue weighted by Gasteiger charge is -2.33. The first-order chi connectivity index (χ1) is 9.68. The third-order valence-corrected chi connectivity index (χ3v) is 4.75. The number of morpholine rings is 1. The van der Waals surface area contributed by atoms with Crippen LogP contribution in [-0.2, 0) is 9.53 Å². The summed E-state index contributed by atoms with van der Waals surface area (Å²) in [6.45, 7) is 7.64. The van der Waals surface area contributed by atoms with Crippen LogP contribution in [0.15, 0.2) is 0 Å². The summed E-state index contributed by atoms with van der Waals surface area (Å²) in [4.78, 5) is 14.6. The standard InChI is InChI=1S/C15H29N3O2/c1-12-13(4-2-5-14(12)16)15(19)17-6-3-7-18-8-10-20-11-9-18/h12-14H,2-11,16H2,1H3,(H,17,19). The molecule has 0 aromatic heterocycles. The van der Waals surface area contributed by atoms with E-state index in [4.69, 9.17) is 10.5 Å². The molecule has 0 radical (unpaired) electrons. The maximum Gasteiger partial charge on any atom is 0.223 e. The van der Waals surface area contributed by atoms with Crippen molar-refractivity contribution in [2.75, 3.05) is 39.4 Å². The molecule has 0 bridgehead atoms. The average molecular weight is 283 g/mol. The second-order valence-corrected chi connectivity index (χ2v) is 6.16. The van der Waals surface area contributed by atoms with Gasteiger partial charge in [0.15, 0.2) is 0 Å². The number of carbonyl (C=O) groups excluding carboxylic acids is 1. The van der Waals surface area contributed by atoms with Crippen molar-refractivity contribution in [1.29, 1.82) is 0 Å². The second-order valence-electron chi connectivity index (χ2n) is 6.16. The average Bonchev–Trinajstić information content (AvgIpc) is 2.47. The second kappa shape index (κ2) is 7.96. The van der Waals surface area contributed by atoms with Gasteiger partial charge in [0.05, 0.1) is 13.2 Å². The molecule has 1 saturated heterocycles. The Morgan fingerprint density at radius 1 is 1.35 bits per heavy atom. The minimum absolute atomic E-state index is 0.113. The van der Waals surface area contributed by atoms with Gasteiger partial charge < -0.3 is 15.8 Å². The highest BCUT2D eigenvalue weighted by atomic mass is 16.5. The van der Waals surface area contributed by atoms with Crippen molar-refractivity contribution in [2.45, 2.75) is 38.6 Å². The van der Waals surface area contributed by atoms with Crippen molar-refractivity contribution >= 4 is 5.91 Å². The molecule has 116 valence electrons. The third kappa shape index (κ3) is 4.43. The predicted octanol–water partition coefficient (Wildman–Crippen LogP) is 0.588. The molecule has 0 spiro atoms. The van der Waals surface area contributed by atoms with E-state index in [0.29, 0.717) is 5.92 Å². The van der Waals surface area contributed by atoms with Crippen LogP contribution in [0.3, 0.4) is 0 Å². The molecule has 1 saturated carbocycles. The molecule has 1 aliphatic carbocycles. The van der Waals surface area contributed by atoms with Crippen molar-refractivity contribution in [2.24, 2.45) is 17.6 Å². The minimum Gasteiger partial charge on any atom is -0.379 e. The van der Waals surface area contributed by atoms with Crippen molar-refractivity contribution in [1.82, 2.24) is 10.2 Å². The summed E-state index contributed by atoms with van der Waals surface area (Å²) in [5.41, 5.74) is 6.06. The third-order valence-electron chi connectivity index (χ3n) is 4.75. The molecular formula is C15H29N3O2. The number of ether oxygens (including phenoxy) is 1. The lowest BCUT2D eigenvalue weighted by atomic mass is 9.77. The molecule has 2 fully saturated rings. The molecule has 1 amide bonds. The lowest BCUT2D eigenvalue weighted by Crippen LogP contribution is -2.45. The Morgan fingerprint density at radius 3 is 2.85 bits per heavy atom. The number of carbonyl (C=O) groups is 1. The zero-order valence-corrected chi connectivity index (χ0v) is 12.6. The summed E-state index contributed by atoms with van der Waals surface area (Å²) in [5, 5.41) is 3.09. The molecular weight excluding hydrogens is 254 g/mol. The van der Waals surface area contributed by atoms with Crippen LogP contribution in [0.25, 0.3) is 0 Å². The summed E-state index contributed by atoms with van der Waals surface area (Å²) in [6, 6.07) is 0.188. The van der Waals surface area contributed by atoms with Gasteiger partial charge >= 0.3 is 0 Å². The van der Waals surface area contributed by atoms with Gasteiger partial charge in [0.1, 0.15) is 0 Å². The summed E-state index contributed by atoms with van der Waals surface area (Å²) >= 11 is 0. The van der Waals surface area contributed by atoms with E-state index in [9.17, 15) is 4.79 Å². The molecule has 2 rings (SSSR count). The van der Waals surface area contributed by atoms with E-state index in [2.05, 4.69) is 17.1 Å². The molecule has 0 aromatic rings. The first kappa shape index (κ1) is 15.7. The molecule has 20 heavy (non-hydrogen) atoms. The molecule has 1 heterocycles. The van der Waals surface area contributed by atoms with Crippen LogP contribution >= 0.6 is 0 Å². The van der Waals surface area contributed by atoms with E-state index in [-0.39, 0.29) is 17.9 Å².